The number of ether oxygens (including phenoxy) is 4. The summed E-state index contributed by atoms with van der Waals surface area (Å²) in [5.41, 5.74) is 6.06. The number of nitrogens with one attached hydrogen (secondary N) is 1. The second-order valence-electron chi connectivity index (χ2n) is 17.9. The molecule has 13 N–H and O–H groups in total. The van der Waals surface area contributed by atoms with Crippen LogP contribution in [0.4, 0.5) is 0 Å². The number of allylic oxidation sites excluding steroid dienone is 12. The van der Waals surface area contributed by atoms with Gasteiger partial charge in [-0.15, -0.1) is 0 Å². The molecule has 0 aliphatic carbocycles. The highest BCUT2D eigenvalue weighted by molar-refractivity contribution is 5.73. The molecule has 2 bridgehead atoms. The summed E-state index contributed by atoms with van der Waals surface area (Å²) in [5, 5.41) is 111. The molecule has 374 valence electrons. The van der Waals surface area contributed by atoms with Crippen LogP contribution in [0.15, 0.2) is 85.1 Å². The van der Waals surface area contributed by atoms with Gasteiger partial charge in [-0.1, -0.05) is 98.9 Å². The van der Waals surface area contributed by atoms with E-state index >= 15 is 0 Å². The first-order valence-corrected chi connectivity index (χ1v) is 22.8. The number of hydrogen-bond acceptors (Lipinski definition) is 17. The maximum atomic E-state index is 12.6. The third-order valence-corrected chi connectivity index (χ3v) is 12.1. The standard InChI is InChI=1S/C48H76N2O16/c1-28-18-16-14-12-10-8-6-7-9-11-13-15-17-19-36(65-47-46(61)42(49)45(60)31(4)64-47)25-40-43(50-32(5)51)39(57)27-48(62,66-40)26-35(54)23-38(56)37(55)21-20-33(52)22-34(53)24-41(58)63-30(3)29(2)44(28)59/h6-19,28-31,33-40,42-47,52-57,59-62H,20-27,49H2,1-5H3,(H,50,51)/b7-6+,10-8+,11-9+,14-12+,15-13+,18-16+,19-17+/t28-,29-,30?,31+,33+,34+,35-,36-,37+,38+,39?,40?,42-,43+,44+,45+,46-,47-,48+/m0/s1. The summed E-state index contributed by atoms with van der Waals surface area (Å²) in [6.07, 6.45) is 5.48. The molecule has 2 fully saturated rings. The smallest absolute Gasteiger partial charge is 0.308 e. The van der Waals surface area contributed by atoms with E-state index in [0.717, 1.165) is 0 Å². The molecular weight excluding hydrogens is 861 g/mol. The molecule has 0 aromatic rings. The number of carbonyl (C=O) groups is 2. The van der Waals surface area contributed by atoms with Crippen LogP contribution in [0.3, 0.4) is 0 Å². The van der Waals surface area contributed by atoms with Crippen molar-refractivity contribution in [1.82, 2.24) is 5.32 Å². The van der Waals surface area contributed by atoms with E-state index in [0.29, 0.717) is 0 Å². The lowest BCUT2D eigenvalue weighted by Crippen LogP contribution is -2.63. The summed E-state index contributed by atoms with van der Waals surface area (Å²) in [4.78, 5) is 24.9. The van der Waals surface area contributed by atoms with E-state index in [1.807, 2.05) is 49.5 Å². The van der Waals surface area contributed by atoms with Crippen LogP contribution in [0.2, 0.25) is 0 Å². The Balaban J connectivity index is 1.87. The van der Waals surface area contributed by atoms with Crippen molar-refractivity contribution >= 4 is 11.9 Å². The minimum Gasteiger partial charge on any atom is -0.462 e. The average Bonchev–Trinajstić information content (AvgIpc) is 3.23. The highest BCUT2D eigenvalue weighted by Gasteiger charge is 2.49. The minimum atomic E-state index is -2.21. The molecule has 66 heavy (non-hydrogen) atoms. The molecule has 2 saturated heterocycles. The van der Waals surface area contributed by atoms with Gasteiger partial charge in [-0.25, -0.2) is 0 Å². The fraction of sp³-hybridized carbons (Fsp3) is 0.667. The quantitative estimate of drug-likeness (QED) is 0.172. The highest BCUT2D eigenvalue weighted by Crippen LogP contribution is 2.35. The second kappa shape index (κ2) is 28.1. The van der Waals surface area contributed by atoms with Gasteiger partial charge >= 0.3 is 5.97 Å². The Morgan fingerprint density at radius 3 is 1.85 bits per heavy atom. The number of rotatable bonds is 3. The Hall–Kier alpha value is -3.44. The number of amides is 1. The summed E-state index contributed by atoms with van der Waals surface area (Å²) < 4.78 is 23.5. The molecule has 18 heteroatoms. The summed E-state index contributed by atoms with van der Waals surface area (Å²) in [6, 6.07) is -2.19. The first-order chi connectivity index (χ1) is 31.1. The molecule has 3 unspecified atom stereocenters. The Kier molecular flexibility index (Phi) is 24.3. The van der Waals surface area contributed by atoms with Crippen LogP contribution >= 0.6 is 0 Å². The van der Waals surface area contributed by atoms with Crippen molar-refractivity contribution in [3.05, 3.63) is 85.1 Å². The van der Waals surface area contributed by atoms with Crippen molar-refractivity contribution in [1.29, 1.82) is 0 Å². The van der Waals surface area contributed by atoms with Gasteiger partial charge in [0.15, 0.2) is 12.1 Å². The van der Waals surface area contributed by atoms with E-state index in [2.05, 4.69) is 5.32 Å². The SMILES string of the molecule is CC(=O)N[C@@H]1C(O)C[C@@]2(O)C[C@@H](O)C[C@@H](O)[C@H](O)CC[C@@H](O)C[C@@H](O)CC(=O)OC(C)[C@H](C)[C@H](O)[C@@H](C)/C=C/C=C/C=C/C=C/C=C/C=C/C=C/[C@H](O[C@@H]3O[C@H](C)[C@@H](O)[C@H](N)[C@@H]3O)CC1O2. The van der Waals surface area contributed by atoms with Crippen molar-refractivity contribution in [2.24, 2.45) is 17.6 Å². The highest BCUT2D eigenvalue weighted by atomic mass is 16.7. The van der Waals surface area contributed by atoms with Crippen molar-refractivity contribution in [3.8, 4) is 0 Å². The number of aliphatic hydroxyl groups excluding tert-OH is 9. The van der Waals surface area contributed by atoms with Gasteiger partial charge in [0.05, 0.1) is 85.6 Å². The summed E-state index contributed by atoms with van der Waals surface area (Å²) in [6.45, 7) is 8.04. The minimum absolute atomic E-state index is 0.0853. The normalized spacial score (nSPS) is 44.9. The van der Waals surface area contributed by atoms with Crippen LogP contribution in [0.1, 0.15) is 86.0 Å². The van der Waals surface area contributed by atoms with E-state index in [9.17, 15) is 60.7 Å². The monoisotopic (exact) mass is 937 g/mol. The Morgan fingerprint density at radius 1 is 0.682 bits per heavy atom. The molecular formula is C48H76N2O16. The number of cyclic esters (lactones) is 1. The maximum Gasteiger partial charge on any atom is 0.308 e. The van der Waals surface area contributed by atoms with E-state index in [4.69, 9.17) is 24.7 Å². The zero-order valence-electron chi connectivity index (χ0n) is 38.6. The molecule has 3 rings (SSSR count). The first-order valence-electron chi connectivity index (χ1n) is 22.8. The topological polar surface area (TPSA) is 311 Å². The number of fused-ring (bicyclic) bond motifs is 2. The van der Waals surface area contributed by atoms with Gasteiger partial charge in [-0.2, -0.15) is 0 Å². The molecule has 3 heterocycles. The fourth-order valence-electron chi connectivity index (χ4n) is 8.07. The number of esters is 1. The first kappa shape index (κ1) is 56.9. The average molecular weight is 937 g/mol. The van der Waals surface area contributed by atoms with E-state index in [1.165, 1.54) is 6.92 Å². The van der Waals surface area contributed by atoms with Gasteiger partial charge in [-0.3, -0.25) is 9.59 Å². The zero-order chi connectivity index (χ0) is 49.1. The molecule has 19 atom stereocenters. The summed E-state index contributed by atoms with van der Waals surface area (Å²) in [7, 11) is 0. The van der Waals surface area contributed by atoms with Crippen LogP contribution in [0, 0.1) is 11.8 Å². The van der Waals surface area contributed by atoms with Gasteiger partial charge in [0.2, 0.25) is 5.91 Å². The van der Waals surface area contributed by atoms with Crippen molar-refractivity contribution in [2.45, 2.75) is 189 Å². The van der Waals surface area contributed by atoms with Crippen molar-refractivity contribution in [2.75, 3.05) is 0 Å². The number of carbonyl (C=O) groups excluding carboxylic acids is 2. The largest absolute Gasteiger partial charge is 0.462 e. The lowest BCUT2D eigenvalue weighted by atomic mass is 9.87. The third-order valence-electron chi connectivity index (χ3n) is 12.1. The second-order valence-corrected chi connectivity index (χ2v) is 17.9. The molecule has 0 aromatic carbocycles. The Morgan fingerprint density at radius 2 is 1.26 bits per heavy atom. The lowest BCUT2D eigenvalue weighted by molar-refractivity contribution is -0.303. The van der Waals surface area contributed by atoms with Gasteiger partial charge in [-0.05, 0) is 33.1 Å². The third kappa shape index (κ3) is 19.3. The number of nitrogens with two attached hydrogens (primary N) is 1. The van der Waals surface area contributed by atoms with E-state index < -0.39 is 147 Å². The van der Waals surface area contributed by atoms with Crippen molar-refractivity contribution < 1.29 is 79.6 Å². The van der Waals surface area contributed by atoms with Crippen LogP contribution in [0.5, 0.6) is 0 Å². The molecule has 0 spiro atoms. The molecule has 0 aromatic heterocycles. The lowest BCUT2D eigenvalue weighted by Gasteiger charge is -2.46. The Bertz CT molecular complexity index is 1690. The van der Waals surface area contributed by atoms with Gasteiger partial charge in [0.25, 0.3) is 0 Å². The summed E-state index contributed by atoms with van der Waals surface area (Å²) in [5.74, 6) is -4.16. The number of hydrogen-bond donors (Lipinski definition) is 12. The summed E-state index contributed by atoms with van der Waals surface area (Å²) >= 11 is 0. The van der Waals surface area contributed by atoms with E-state index in [1.54, 1.807) is 63.3 Å². The molecule has 0 saturated carbocycles. The zero-order valence-corrected chi connectivity index (χ0v) is 38.6. The van der Waals surface area contributed by atoms with Crippen LogP contribution in [-0.2, 0) is 28.5 Å². The van der Waals surface area contributed by atoms with Gasteiger partial charge in [0.1, 0.15) is 12.2 Å². The van der Waals surface area contributed by atoms with Gasteiger partial charge < -0.3 is 81.1 Å². The molecule has 0 radical (unpaired) electrons. The molecule has 3 aliphatic heterocycles. The van der Waals surface area contributed by atoms with Gasteiger partial charge in [0, 0.05) is 44.4 Å². The number of aliphatic hydroxyl groups is 10. The molecule has 18 nitrogen and oxygen atoms in total. The predicted molar refractivity (Wildman–Crippen MR) is 243 cm³/mol. The van der Waals surface area contributed by atoms with E-state index in [-0.39, 0.29) is 31.6 Å². The fourth-order valence-corrected chi connectivity index (χ4v) is 8.07. The Labute approximate surface area is 388 Å². The van der Waals surface area contributed by atoms with Crippen LogP contribution in [-0.4, -0.2) is 166 Å². The predicted octanol–water partition coefficient (Wildman–Crippen LogP) is 0.516. The molecule has 1 amide bonds. The van der Waals surface area contributed by atoms with Crippen LogP contribution in [0.25, 0.3) is 0 Å². The molecule has 3 aliphatic rings. The van der Waals surface area contributed by atoms with Crippen molar-refractivity contribution in [3.63, 3.8) is 0 Å². The van der Waals surface area contributed by atoms with Crippen LogP contribution < -0.4 is 11.1 Å². The maximum absolute atomic E-state index is 12.6.